The Balaban J connectivity index is 2.62. The summed E-state index contributed by atoms with van der Waals surface area (Å²) in [5.74, 6) is 1.15. The van der Waals surface area contributed by atoms with Crippen molar-refractivity contribution in [1.82, 2.24) is 0 Å². The first-order valence-electron chi connectivity index (χ1n) is 6.43. The number of non-ortho nitro benzene ring substituents is 1. The molecule has 0 aliphatic carbocycles. The van der Waals surface area contributed by atoms with Gasteiger partial charge in [0.2, 0.25) is 0 Å². The van der Waals surface area contributed by atoms with Gasteiger partial charge in [0.1, 0.15) is 0 Å². The van der Waals surface area contributed by atoms with Gasteiger partial charge in [0.05, 0.1) is 4.92 Å². The lowest BCUT2D eigenvalue weighted by molar-refractivity contribution is -0.384. The van der Waals surface area contributed by atoms with E-state index in [1.807, 2.05) is 24.8 Å². The fourth-order valence-electron chi connectivity index (χ4n) is 1.73. The third kappa shape index (κ3) is 5.83. The van der Waals surface area contributed by atoms with Crippen LogP contribution in [-0.4, -0.2) is 30.0 Å². The van der Waals surface area contributed by atoms with Crippen LogP contribution >= 0.6 is 11.8 Å². The lowest BCUT2D eigenvalue weighted by Crippen LogP contribution is -2.04. The molecule has 5 nitrogen and oxygen atoms in total. The molecule has 0 saturated heterocycles. The van der Waals surface area contributed by atoms with Crippen molar-refractivity contribution in [2.75, 3.05) is 35.7 Å². The molecule has 1 aromatic carbocycles. The van der Waals surface area contributed by atoms with Crippen LogP contribution in [0.2, 0.25) is 0 Å². The number of hydrogen-bond donors (Lipinski definition) is 2. The predicted molar refractivity (Wildman–Crippen MR) is 83.4 cm³/mol. The molecule has 0 aromatic heterocycles. The molecule has 2 N–H and O–H groups in total. The predicted octanol–water partition coefficient (Wildman–Crippen LogP) is 3.58. The number of anilines is 2. The molecule has 19 heavy (non-hydrogen) atoms. The average Bonchev–Trinajstić information content (AvgIpc) is 2.38. The maximum atomic E-state index is 10.9. The molecule has 0 aliphatic rings. The standard InChI is InChI=1S/C13H21N3O2S/c1-3-14-11-8-12(10-13(9-11)16(17)18)15-6-4-5-7-19-2/h8-10,14-15H,3-7H2,1-2H3. The van der Waals surface area contributed by atoms with Crippen LogP contribution < -0.4 is 10.6 Å². The van der Waals surface area contributed by atoms with E-state index in [0.717, 1.165) is 43.1 Å². The second-order valence-corrected chi connectivity index (χ2v) is 5.17. The highest BCUT2D eigenvalue weighted by Gasteiger charge is 2.09. The molecule has 1 rings (SSSR count). The van der Waals surface area contributed by atoms with Gasteiger partial charge in [-0.1, -0.05) is 0 Å². The number of rotatable bonds is 9. The number of benzene rings is 1. The minimum absolute atomic E-state index is 0.116. The number of nitrogens with one attached hydrogen (secondary N) is 2. The van der Waals surface area contributed by atoms with E-state index in [1.165, 1.54) is 0 Å². The molecule has 0 heterocycles. The maximum Gasteiger partial charge on any atom is 0.273 e. The second-order valence-electron chi connectivity index (χ2n) is 4.18. The van der Waals surface area contributed by atoms with Gasteiger partial charge in [0.15, 0.2) is 0 Å². The lowest BCUT2D eigenvalue weighted by atomic mass is 10.2. The molecule has 1 aromatic rings. The highest BCUT2D eigenvalue weighted by atomic mass is 32.2. The summed E-state index contributed by atoms with van der Waals surface area (Å²) in [5.41, 5.74) is 1.70. The van der Waals surface area contributed by atoms with Crippen LogP contribution in [0, 0.1) is 10.1 Å². The highest BCUT2D eigenvalue weighted by Crippen LogP contribution is 2.24. The summed E-state index contributed by atoms with van der Waals surface area (Å²) < 4.78 is 0. The number of nitrogens with zero attached hydrogens (tertiary/aromatic N) is 1. The van der Waals surface area contributed by atoms with Crippen LogP contribution in [0.3, 0.4) is 0 Å². The Hall–Kier alpha value is -1.43. The van der Waals surface area contributed by atoms with Gasteiger partial charge < -0.3 is 10.6 Å². The average molecular weight is 283 g/mol. The minimum atomic E-state index is -0.361. The van der Waals surface area contributed by atoms with E-state index < -0.39 is 0 Å². The summed E-state index contributed by atoms with van der Waals surface area (Å²) in [7, 11) is 0. The SMILES string of the molecule is CCNc1cc(NCCCCSC)cc([N+](=O)[O-])c1. The maximum absolute atomic E-state index is 10.9. The fraction of sp³-hybridized carbons (Fsp3) is 0.538. The Morgan fingerprint density at radius 3 is 2.47 bits per heavy atom. The molecule has 106 valence electrons. The van der Waals surface area contributed by atoms with Crippen LogP contribution in [-0.2, 0) is 0 Å². The third-order valence-electron chi connectivity index (χ3n) is 2.61. The van der Waals surface area contributed by atoms with Crippen molar-refractivity contribution >= 4 is 28.8 Å². The van der Waals surface area contributed by atoms with Gasteiger partial charge in [-0.05, 0) is 37.8 Å². The van der Waals surface area contributed by atoms with E-state index in [9.17, 15) is 10.1 Å². The Bertz CT molecular complexity index is 413. The summed E-state index contributed by atoms with van der Waals surface area (Å²) in [6, 6.07) is 5.04. The van der Waals surface area contributed by atoms with Crippen LogP contribution in [0.4, 0.5) is 17.1 Å². The Morgan fingerprint density at radius 1 is 1.21 bits per heavy atom. The topological polar surface area (TPSA) is 67.2 Å². The number of nitro benzene ring substituents is 1. The summed E-state index contributed by atoms with van der Waals surface area (Å²) in [4.78, 5) is 10.5. The van der Waals surface area contributed by atoms with E-state index >= 15 is 0 Å². The van der Waals surface area contributed by atoms with E-state index in [4.69, 9.17) is 0 Å². The normalized spacial score (nSPS) is 10.2. The summed E-state index contributed by atoms with van der Waals surface area (Å²) in [5, 5.41) is 17.2. The molecule has 0 atom stereocenters. The van der Waals surface area contributed by atoms with Gasteiger partial charge in [0.25, 0.3) is 5.69 Å². The second kappa shape index (κ2) is 8.63. The van der Waals surface area contributed by atoms with Crippen molar-refractivity contribution < 1.29 is 4.92 Å². The van der Waals surface area contributed by atoms with Crippen LogP contribution in [0.5, 0.6) is 0 Å². The van der Waals surface area contributed by atoms with Crippen molar-refractivity contribution in [2.24, 2.45) is 0 Å². The number of unbranched alkanes of at least 4 members (excludes halogenated alkanes) is 1. The van der Waals surface area contributed by atoms with Crippen molar-refractivity contribution in [3.63, 3.8) is 0 Å². The van der Waals surface area contributed by atoms with Gasteiger partial charge in [-0.2, -0.15) is 11.8 Å². The minimum Gasteiger partial charge on any atom is -0.385 e. The Labute approximate surface area is 118 Å². The van der Waals surface area contributed by atoms with Gasteiger partial charge in [-0.3, -0.25) is 10.1 Å². The monoisotopic (exact) mass is 283 g/mol. The first kappa shape index (κ1) is 15.6. The molecular formula is C13H21N3O2S. The highest BCUT2D eigenvalue weighted by molar-refractivity contribution is 7.98. The first-order valence-corrected chi connectivity index (χ1v) is 7.83. The zero-order valence-electron chi connectivity index (χ0n) is 11.4. The van der Waals surface area contributed by atoms with Crippen LogP contribution in [0.15, 0.2) is 18.2 Å². The quantitative estimate of drug-likeness (QED) is 0.412. The number of thioether (sulfide) groups is 1. The van der Waals surface area contributed by atoms with Crippen LogP contribution in [0.25, 0.3) is 0 Å². The lowest BCUT2D eigenvalue weighted by Gasteiger charge is -2.09. The summed E-state index contributed by atoms with van der Waals surface area (Å²) in [6.07, 6.45) is 4.32. The van der Waals surface area contributed by atoms with Gasteiger partial charge in [-0.15, -0.1) is 0 Å². The van der Waals surface area contributed by atoms with E-state index in [1.54, 1.807) is 12.1 Å². The van der Waals surface area contributed by atoms with Gasteiger partial charge in [0, 0.05) is 36.6 Å². The van der Waals surface area contributed by atoms with Crippen molar-refractivity contribution in [3.05, 3.63) is 28.3 Å². The first-order chi connectivity index (χ1) is 9.17. The molecule has 0 bridgehead atoms. The zero-order chi connectivity index (χ0) is 14.1. The van der Waals surface area contributed by atoms with E-state index in [2.05, 4.69) is 16.9 Å². The molecule has 0 fully saturated rings. The smallest absolute Gasteiger partial charge is 0.273 e. The van der Waals surface area contributed by atoms with E-state index in [0.29, 0.717) is 0 Å². The van der Waals surface area contributed by atoms with Crippen molar-refractivity contribution in [3.8, 4) is 0 Å². The summed E-state index contributed by atoms with van der Waals surface area (Å²) in [6.45, 7) is 3.55. The van der Waals surface area contributed by atoms with Crippen LogP contribution in [0.1, 0.15) is 19.8 Å². The Morgan fingerprint density at radius 2 is 1.89 bits per heavy atom. The molecule has 0 saturated carbocycles. The zero-order valence-corrected chi connectivity index (χ0v) is 12.3. The van der Waals surface area contributed by atoms with Gasteiger partial charge in [-0.25, -0.2) is 0 Å². The van der Waals surface area contributed by atoms with Gasteiger partial charge >= 0.3 is 0 Å². The molecular weight excluding hydrogens is 262 g/mol. The van der Waals surface area contributed by atoms with E-state index in [-0.39, 0.29) is 10.6 Å². The molecule has 6 heteroatoms. The Kier molecular flexibility index (Phi) is 7.10. The molecule has 0 unspecified atom stereocenters. The van der Waals surface area contributed by atoms with Crippen molar-refractivity contribution in [1.29, 1.82) is 0 Å². The molecule has 0 amide bonds. The molecule has 0 spiro atoms. The molecule has 0 aliphatic heterocycles. The third-order valence-corrected chi connectivity index (χ3v) is 3.31. The molecule has 0 radical (unpaired) electrons. The summed E-state index contributed by atoms with van der Waals surface area (Å²) >= 11 is 1.84. The largest absolute Gasteiger partial charge is 0.385 e. The number of nitro groups is 1. The van der Waals surface area contributed by atoms with Crippen molar-refractivity contribution in [2.45, 2.75) is 19.8 Å². The fourth-order valence-corrected chi connectivity index (χ4v) is 2.22. The number of hydrogen-bond acceptors (Lipinski definition) is 5.